The second kappa shape index (κ2) is 5.68. The number of fused-ring (bicyclic) bond motifs is 1. The standard InChI is InChI=1S/C19H19N3/c1-2-6-18-17(5-1)20-19(21-18)12-9-15-7-10-16(11-8-15)22-13-3-4-14-22/h1-2,5-12H,3-4,13-14H2,(H,20,21). The summed E-state index contributed by atoms with van der Waals surface area (Å²) in [5.41, 5.74) is 4.61. The molecular formula is C19H19N3. The molecule has 0 radical (unpaired) electrons. The summed E-state index contributed by atoms with van der Waals surface area (Å²) in [5, 5.41) is 0. The third-order valence-corrected chi connectivity index (χ3v) is 4.21. The molecule has 1 fully saturated rings. The molecule has 0 aliphatic carbocycles. The first-order valence-corrected chi connectivity index (χ1v) is 7.86. The van der Waals surface area contributed by atoms with E-state index in [4.69, 9.17) is 0 Å². The monoisotopic (exact) mass is 289 g/mol. The predicted molar refractivity (Wildman–Crippen MR) is 92.9 cm³/mol. The Kier molecular flexibility index (Phi) is 3.39. The van der Waals surface area contributed by atoms with Crippen LogP contribution in [0.2, 0.25) is 0 Å². The number of hydrogen-bond acceptors (Lipinski definition) is 2. The fourth-order valence-electron chi connectivity index (χ4n) is 3.00. The van der Waals surface area contributed by atoms with Gasteiger partial charge in [-0.1, -0.05) is 30.3 Å². The molecule has 0 spiro atoms. The van der Waals surface area contributed by atoms with E-state index in [0.717, 1.165) is 16.9 Å². The van der Waals surface area contributed by atoms with Gasteiger partial charge in [-0.3, -0.25) is 0 Å². The Bertz CT molecular complexity index is 760. The number of H-pyrrole nitrogens is 1. The predicted octanol–water partition coefficient (Wildman–Crippen LogP) is 4.33. The van der Waals surface area contributed by atoms with E-state index in [2.05, 4.69) is 45.2 Å². The van der Waals surface area contributed by atoms with Gasteiger partial charge in [0.2, 0.25) is 0 Å². The SMILES string of the molecule is C(=Cc1nc2ccccc2[nH]1)c1ccc(N2CCCC2)cc1. The van der Waals surface area contributed by atoms with E-state index >= 15 is 0 Å². The topological polar surface area (TPSA) is 31.9 Å². The van der Waals surface area contributed by atoms with Crippen LogP contribution in [0.1, 0.15) is 24.2 Å². The molecule has 3 nitrogen and oxygen atoms in total. The summed E-state index contributed by atoms with van der Waals surface area (Å²) >= 11 is 0. The highest BCUT2D eigenvalue weighted by Gasteiger charge is 2.11. The van der Waals surface area contributed by atoms with Crippen LogP contribution in [0.4, 0.5) is 5.69 Å². The number of anilines is 1. The van der Waals surface area contributed by atoms with Crippen molar-refractivity contribution in [3.8, 4) is 0 Å². The first-order valence-electron chi connectivity index (χ1n) is 7.86. The van der Waals surface area contributed by atoms with Crippen molar-refractivity contribution in [1.82, 2.24) is 9.97 Å². The van der Waals surface area contributed by atoms with Crippen LogP contribution in [0.25, 0.3) is 23.2 Å². The second-order valence-electron chi connectivity index (χ2n) is 5.76. The Morgan fingerprint density at radius 1 is 0.909 bits per heavy atom. The minimum Gasteiger partial charge on any atom is -0.372 e. The molecule has 3 aromatic rings. The summed E-state index contributed by atoms with van der Waals surface area (Å²) in [4.78, 5) is 10.3. The number of para-hydroxylation sites is 2. The van der Waals surface area contributed by atoms with Gasteiger partial charge in [0.1, 0.15) is 5.82 Å². The van der Waals surface area contributed by atoms with E-state index in [0.29, 0.717) is 0 Å². The summed E-state index contributed by atoms with van der Waals surface area (Å²) in [7, 11) is 0. The van der Waals surface area contributed by atoms with E-state index in [9.17, 15) is 0 Å². The molecule has 1 aliphatic rings. The molecule has 0 bridgehead atoms. The molecule has 2 heterocycles. The molecule has 0 amide bonds. The van der Waals surface area contributed by atoms with Gasteiger partial charge in [-0.25, -0.2) is 4.98 Å². The normalized spacial score (nSPS) is 15.2. The van der Waals surface area contributed by atoms with Gasteiger partial charge in [-0.2, -0.15) is 0 Å². The number of aromatic nitrogens is 2. The maximum absolute atomic E-state index is 4.56. The Labute approximate surface area is 130 Å². The van der Waals surface area contributed by atoms with Crippen LogP contribution in [0.3, 0.4) is 0 Å². The third kappa shape index (κ3) is 2.62. The number of imidazole rings is 1. The Hall–Kier alpha value is -2.55. The van der Waals surface area contributed by atoms with Crippen LogP contribution in [0.15, 0.2) is 48.5 Å². The molecule has 0 unspecified atom stereocenters. The van der Waals surface area contributed by atoms with E-state index in [1.54, 1.807) is 0 Å². The lowest BCUT2D eigenvalue weighted by molar-refractivity contribution is 0.949. The first-order chi connectivity index (χ1) is 10.9. The van der Waals surface area contributed by atoms with Crippen molar-refractivity contribution in [3.05, 3.63) is 59.9 Å². The first kappa shape index (κ1) is 13.1. The van der Waals surface area contributed by atoms with Crippen molar-refractivity contribution in [2.45, 2.75) is 12.8 Å². The lowest BCUT2D eigenvalue weighted by atomic mass is 10.2. The molecule has 22 heavy (non-hydrogen) atoms. The van der Waals surface area contributed by atoms with Crippen molar-refractivity contribution >= 4 is 28.9 Å². The number of aromatic amines is 1. The Balaban J connectivity index is 1.52. The third-order valence-electron chi connectivity index (χ3n) is 4.21. The largest absolute Gasteiger partial charge is 0.372 e. The molecule has 0 atom stereocenters. The quantitative estimate of drug-likeness (QED) is 0.778. The summed E-state index contributed by atoms with van der Waals surface area (Å²) in [6.45, 7) is 2.38. The van der Waals surface area contributed by atoms with Crippen LogP contribution in [0, 0.1) is 0 Å². The lowest BCUT2D eigenvalue weighted by Crippen LogP contribution is -2.17. The zero-order valence-corrected chi connectivity index (χ0v) is 12.5. The van der Waals surface area contributed by atoms with Crippen molar-refractivity contribution in [2.75, 3.05) is 18.0 Å². The minimum absolute atomic E-state index is 0.893. The maximum Gasteiger partial charge on any atom is 0.131 e. The summed E-state index contributed by atoms with van der Waals surface area (Å²) < 4.78 is 0. The molecule has 110 valence electrons. The van der Waals surface area contributed by atoms with Gasteiger partial charge >= 0.3 is 0 Å². The lowest BCUT2D eigenvalue weighted by Gasteiger charge is -2.17. The second-order valence-corrected chi connectivity index (χ2v) is 5.76. The van der Waals surface area contributed by atoms with Crippen LogP contribution in [0.5, 0.6) is 0 Å². The molecule has 2 aromatic carbocycles. The van der Waals surface area contributed by atoms with Gasteiger partial charge in [-0.05, 0) is 48.7 Å². The zero-order chi connectivity index (χ0) is 14.8. The van der Waals surface area contributed by atoms with Gasteiger partial charge in [-0.15, -0.1) is 0 Å². The van der Waals surface area contributed by atoms with Crippen LogP contribution >= 0.6 is 0 Å². The smallest absolute Gasteiger partial charge is 0.131 e. The molecule has 0 saturated carbocycles. The highest BCUT2D eigenvalue weighted by molar-refractivity contribution is 5.78. The van der Waals surface area contributed by atoms with Crippen molar-refractivity contribution < 1.29 is 0 Å². The van der Waals surface area contributed by atoms with Crippen LogP contribution < -0.4 is 4.90 Å². The molecule has 1 aliphatic heterocycles. The Morgan fingerprint density at radius 3 is 2.45 bits per heavy atom. The Morgan fingerprint density at radius 2 is 1.68 bits per heavy atom. The summed E-state index contributed by atoms with van der Waals surface area (Å²) in [6.07, 6.45) is 6.76. The molecule has 4 rings (SSSR count). The van der Waals surface area contributed by atoms with E-state index < -0.39 is 0 Å². The maximum atomic E-state index is 4.56. The fraction of sp³-hybridized carbons (Fsp3) is 0.211. The van der Waals surface area contributed by atoms with Gasteiger partial charge in [0.05, 0.1) is 11.0 Å². The number of nitrogens with zero attached hydrogens (tertiary/aromatic N) is 2. The molecule has 1 saturated heterocycles. The number of nitrogens with one attached hydrogen (secondary N) is 1. The number of benzene rings is 2. The average Bonchev–Trinajstić information content (AvgIpc) is 3.22. The van der Waals surface area contributed by atoms with Gasteiger partial charge in [0.15, 0.2) is 0 Å². The van der Waals surface area contributed by atoms with E-state index in [-0.39, 0.29) is 0 Å². The molecule has 1 N–H and O–H groups in total. The van der Waals surface area contributed by atoms with Gasteiger partial charge in [0.25, 0.3) is 0 Å². The molecule has 3 heteroatoms. The number of rotatable bonds is 3. The van der Waals surface area contributed by atoms with Crippen LogP contribution in [-0.2, 0) is 0 Å². The summed E-state index contributed by atoms with van der Waals surface area (Å²) in [5.74, 6) is 0.893. The fourth-order valence-corrected chi connectivity index (χ4v) is 3.00. The minimum atomic E-state index is 0.893. The van der Waals surface area contributed by atoms with Crippen molar-refractivity contribution in [2.24, 2.45) is 0 Å². The van der Waals surface area contributed by atoms with Gasteiger partial charge in [0, 0.05) is 18.8 Å². The van der Waals surface area contributed by atoms with E-state index in [1.165, 1.54) is 37.2 Å². The van der Waals surface area contributed by atoms with Crippen LogP contribution in [-0.4, -0.2) is 23.1 Å². The van der Waals surface area contributed by atoms with E-state index in [1.807, 2.05) is 30.3 Å². The van der Waals surface area contributed by atoms with Gasteiger partial charge < -0.3 is 9.88 Å². The highest BCUT2D eigenvalue weighted by atomic mass is 15.1. The zero-order valence-electron chi connectivity index (χ0n) is 12.5. The summed E-state index contributed by atoms with van der Waals surface area (Å²) in [6, 6.07) is 16.9. The van der Waals surface area contributed by atoms with Crippen molar-refractivity contribution in [1.29, 1.82) is 0 Å². The molecular weight excluding hydrogens is 270 g/mol. The highest BCUT2D eigenvalue weighted by Crippen LogP contribution is 2.21. The number of hydrogen-bond donors (Lipinski definition) is 1. The average molecular weight is 289 g/mol. The molecule has 1 aromatic heterocycles. The van der Waals surface area contributed by atoms with Crippen molar-refractivity contribution in [3.63, 3.8) is 0 Å².